The van der Waals surface area contributed by atoms with Gasteiger partial charge in [-0.25, -0.2) is 9.78 Å². The molecule has 0 saturated carbocycles. The number of carboxylic acids is 1. The Hall–Kier alpha value is -2.63. The number of imidazole rings is 1. The first-order chi connectivity index (χ1) is 10.2. The van der Waals surface area contributed by atoms with Gasteiger partial charge in [-0.3, -0.25) is 4.79 Å². The SMILES string of the molecule is O=C(O)[C@@H]1CCCN1C(=O)c1[nH]cnc1-c1ccccc1. The molecule has 1 fully saturated rings. The molecule has 6 heteroatoms. The summed E-state index contributed by atoms with van der Waals surface area (Å²) in [5, 5.41) is 9.20. The maximum atomic E-state index is 12.6. The number of carboxylic acid groups (broad SMARTS) is 1. The van der Waals surface area contributed by atoms with Crippen molar-refractivity contribution in [3.63, 3.8) is 0 Å². The first kappa shape index (κ1) is 13.4. The molecule has 2 heterocycles. The van der Waals surface area contributed by atoms with Gasteiger partial charge in [0.05, 0.1) is 6.33 Å². The minimum absolute atomic E-state index is 0.309. The van der Waals surface area contributed by atoms with E-state index in [2.05, 4.69) is 9.97 Å². The molecule has 0 unspecified atom stereocenters. The average Bonchev–Trinajstić information content (AvgIpc) is 3.16. The summed E-state index contributed by atoms with van der Waals surface area (Å²) in [6, 6.07) is 8.61. The zero-order valence-corrected chi connectivity index (χ0v) is 11.3. The highest BCUT2D eigenvalue weighted by Crippen LogP contribution is 2.25. The van der Waals surface area contributed by atoms with Crippen LogP contribution >= 0.6 is 0 Å². The maximum absolute atomic E-state index is 12.6. The zero-order chi connectivity index (χ0) is 14.8. The van der Waals surface area contributed by atoms with Crippen LogP contribution in [0, 0.1) is 0 Å². The molecule has 6 nitrogen and oxygen atoms in total. The summed E-state index contributed by atoms with van der Waals surface area (Å²) < 4.78 is 0. The second kappa shape index (κ2) is 5.40. The summed E-state index contributed by atoms with van der Waals surface area (Å²) in [5.74, 6) is -1.27. The molecule has 0 radical (unpaired) electrons. The molecular formula is C15H15N3O3. The molecular weight excluding hydrogens is 270 g/mol. The summed E-state index contributed by atoms with van der Waals surface area (Å²) in [7, 11) is 0. The minimum atomic E-state index is -0.957. The molecule has 21 heavy (non-hydrogen) atoms. The van der Waals surface area contributed by atoms with E-state index in [0.717, 1.165) is 5.56 Å². The smallest absolute Gasteiger partial charge is 0.326 e. The van der Waals surface area contributed by atoms with Gasteiger partial charge < -0.3 is 15.0 Å². The van der Waals surface area contributed by atoms with Crippen molar-refractivity contribution in [2.75, 3.05) is 6.54 Å². The number of aliphatic carboxylic acids is 1. The van der Waals surface area contributed by atoms with Gasteiger partial charge in [0.15, 0.2) is 0 Å². The summed E-state index contributed by atoms with van der Waals surface area (Å²) in [4.78, 5) is 32.3. The molecule has 1 aromatic heterocycles. The number of likely N-dealkylation sites (tertiary alicyclic amines) is 1. The van der Waals surface area contributed by atoms with Crippen LogP contribution in [0.3, 0.4) is 0 Å². The van der Waals surface area contributed by atoms with E-state index in [1.807, 2.05) is 30.3 Å². The van der Waals surface area contributed by atoms with E-state index in [-0.39, 0.29) is 5.91 Å². The Morgan fingerprint density at radius 2 is 2.05 bits per heavy atom. The van der Waals surface area contributed by atoms with Gasteiger partial charge in [0.25, 0.3) is 5.91 Å². The number of H-pyrrole nitrogens is 1. The molecule has 2 aromatic rings. The molecule has 1 saturated heterocycles. The van der Waals surface area contributed by atoms with Crippen molar-refractivity contribution in [2.24, 2.45) is 0 Å². The number of benzene rings is 1. The van der Waals surface area contributed by atoms with E-state index in [1.54, 1.807) is 0 Å². The number of hydrogen-bond acceptors (Lipinski definition) is 3. The monoisotopic (exact) mass is 285 g/mol. The number of rotatable bonds is 3. The molecule has 1 aliphatic rings. The van der Waals surface area contributed by atoms with Gasteiger partial charge in [0.1, 0.15) is 17.4 Å². The van der Waals surface area contributed by atoms with E-state index < -0.39 is 12.0 Å². The predicted molar refractivity (Wildman–Crippen MR) is 75.7 cm³/mol. The standard InChI is InChI=1S/C15H15N3O3/c19-14(18-8-4-7-11(18)15(20)21)13-12(16-9-17-13)10-5-2-1-3-6-10/h1-3,5-6,9,11H,4,7-8H2,(H,16,17)(H,20,21)/t11-/m0/s1. The molecule has 108 valence electrons. The third kappa shape index (κ3) is 2.40. The van der Waals surface area contributed by atoms with Crippen LogP contribution in [-0.4, -0.2) is 44.4 Å². The van der Waals surface area contributed by atoms with Crippen LogP contribution in [0.5, 0.6) is 0 Å². The summed E-state index contributed by atoms with van der Waals surface area (Å²) >= 11 is 0. The van der Waals surface area contributed by atoms with Gasteiger partial charge in [-0.1, -0.05) is 30.3 Å². The lowest BCUT2D eigenvalue weighted by Crippen LogP contribution is -2.40. The van der Waals surface area contributed by atoms with E-state index >= 15 is 0 Å². The van der Waals surface area contributed by atoms with Crippen molar-refractivity contribution in [2.45, 2.75) is 18.9 Å². The third-order valence-electron chi connectivity index (χ3n) is 3.70. The Balaban J connectivity index is 1.93. The van der Waals surface area contributed by atoms with Gasteiger partial charge >= 0.3 is 5.97 Å². The minimum Gasteiger partial charge on any atom is -0.480 e. The lowest BCUT2D eigenvalue weighted by atomic mass is 10.1. The van der Waals surface area contributed by atoms with Crippen molar-refractivity contribution >= 4 is 11.9 Å². The number of nitrogens with zero attached hydrogens (tertiary/aromatic N) is 2. The zero-order valence-electron chi connectivity index (χ0n) is 11.3. The van der Waals surface area contributed by atoms with Crippen LogP contribution in [0.2, 0.25) is 0 Å². The first-order valence-electron chi connectivity index (χ1n) is 6.81. The van der Waals surface area contributed by atoms with E-state index in [4.69, 9.17) is 0 Å². The highest BCUT2D eigenvalue weighted by molar-refractivity contribution is 6.00. The topological polar surface area (TPSA) is 86.3 Å². The Morgan fingerprint density at radius 3 is 2.76 bits per heavy atom. The molecule has 1 aromatic carbocycles. The van der Waals surface area contributed by atoms with Crippen molar-refractivity contribution in [3.05, 3.63) is 42.4 Å². The van der Waals surface area contributed by atoms with Crippen LogP contribution in [0.4, 0.5) is 0 Å². The van der Waals surface area contributed by atoms with Crippen molar-refractivity contribution in [1.29, 1.82) is 0 Å². The Kier molecular flexibility index (Phi) is 3.43. The Labute approximate surface area is 121 Å². The largest absolute Gasteiger partial charge is 0.480 e. The normalized spacial score (nSPS) is 17.9. The van der Waals surface area contributed by atoms with Gasteiger partial charge in [0.2, 0.25) is 0 Å². The number of amides is 1. The molecule has 1 amide bonds. The second-order valence-corrected chi connectivity index (χ2v) is 4.99. The maximum Gasteiger partial charge on any atom is 0.326 e. The molecule has 0 aliphatic carbocycles. The quantitative estimate of drug-likeness (QED) is 0.899. The van der Waals surface area contributed by atoms with Gasteiger partial charge in [-0.2, -0.15) is 0 Å². The average molecular weight is 285 g/mol. The molecule has 1 atom stereocenters. The van der Waals surface area contributed by atoms with Crippen LogP contribution < -0.4 is 0 Å². The highest BCUT2D eigenvalue weighted by atomic mass is 16.4. The number of carbonyl (C=O) groups excluding carboxylic acids is 1. The predicted octanol–water partition coefficient (Wildman–Crippen LogP) is 1.77. The fraction of sp³-hybridized carbons (Fsp3) is 0.267. The highest BCUT2D eigenvalue weighted by Gasteiger charge is 2.35. The lowest BCUT2D eigenvalue weighted by molar-refractivity contribution is -0.141. The number of hydrogen-bond donors (Lipinski definition) is 2. The molecule has 2 N–H and O–H groups in total. The Morgan fingerprint density at radius 1 is 1.29 bits per heavy atom. The molecule has 0 bridgehead atoms. The molecule has 3 rings (SSSR count). The van der Waals surface area contributed by atoms with Crippen LogP contribution in [-0.2, 0) is 4.79 Å². The molecule has 0 spiro atoms. The molecule has 1 aliphatic heterocycles. The second-order valence-electron chi connectivity index (χ2n) is 4.99. The van der Waals surface area contributed by atoms with E-state index in [1.165, 1.54) is 11.2 Å². The number of aromatic amines is 1. The fourth-order valence-corrected chi connectivity index (χ4v) is 2.68. The summed E-state index contributed by atoms with van der Waals surface area (Å²) in [5.41, 5.74) is 1.72. The summed E-state index contributed by atoms with van der Waals surface area (Å²) in [6.07, 6.45) is 2.66. The lowest BCUT2D eigenvalue weighted by Gasteiger charge is -2.21. The summed E-state index contributed by atoms with van der Waals surface area (Å²) in [6.45, 7) is 0.461. The van der Waals surface area contributed by atoms with Crippen molar-refractivity contribution in [1.82, 2.24) is 14.9 Å². The first-order valence-corrected chi connectivity index (χ1v) is 6.81. The van der Waals surface area contributed by atoms with Gasteiger partial charge in [0, 0.05) is 12.1 Å². The van der Waals surface area contributed by atoms with Crippen LogP contribution in [0.15, 0.2) is 36.7 Å². The van der Waals surface area contributed by atoms with Crippen LogP contribution in [0.25, 0.3) is 11.3 Å². The van der Waals surface area contributed by atoms with E-state index in [9.17, 15) is 14.7 Å². The number of nitrogens with one attached hydrogen (secondary N) is 1. The van der Waals surface area contributed by atoms with Gasteiger partial charge in [-0.05, 0) is 12.8 Å². The fourth-order valence-electron chi connectivity index (χ4n) is 2.68. The number of carbonyl (C=O) groups is 2. The number of aromatic nitrogens is 2. The van der Waals surface area contributed by atoms with Crippen molar-refractivity contribution < 1.29 is 14.7 Å². The van der Waals surface area contributed by atoms with Crippen molar-refractivity contribution in [3.8, 4) is 11.3 Å². The van der Waals surface area contributed by atoms with Crippen LogP contribution in [0.1, 0.15) is 23.3 Å². The van der Waals surface area contributed by atoms with E-state index in [0.29, 0.717) is 30.8 Å². The third-order valence-corrected chi connectivity index (χ3v) is 3.70. The Bertz CT molecular complexity index is 666. The van der Waals surface area contributed by atoms with Gasteiger partial charge in [-0.15, -0.1) is 0 Å².